The molecule has 0 aliphatic heterocycles. The summed E-state index contributed by atoms with van der Waals surface area (Å²) in [5.41, 5.74) is -0.139. The maximum atomic E-state index is 11.9. The summed E-state index contributed by atoms with van der Waals surface area (Å²) < 4.78 is 0. The van der Waals surface area contributed by atoms with Crippen molar-refractivity contribution in [3.8, 4) is 0 Å². The van der Waals surface area contributed by atoms with Gasteiger partial charge in [0.15, 0.2) is 0 Å². The molecule has 0 aromatic heterocycles. The lowest BCUT2D eigenvalue weighted by Crippen LogP contribution is -2.51. The number of hydrogen-bond acceptors (Lipinski definition) is 6. The van der Waals surface area contributed by atoms with Crippen molar-refractivity contribution in [2.24, 2.45) is 5.92 Å². The van der Waals surface area contributed by atoms with Gasteiger partial charge >= 0.3 is 23.9 Å². The second-order valence-electron chi connectivity index (χ2n) is 6.18. The Balaban J connectivity index is 4.51. The fourth-order valence-electron chi connectivity index (χ4n) is 2.10. The predicted molar refractivity (Wildman–Crippen MR) is 94.2 cm³/mol. The number of carbonyl (C=O) groups excluding carboxylic acids is 2. The average molecular weight is 386 g/mol. The summed E-state index contributed by atoms with van der Waals surface area (Å²) >= 11 is 0. The van der Waals surface area contributed by atoms with Crippen LogP contribution >= 0.6 is 0 Å². The van der Waals surface area contributed by atoms with E-state index in [4.69, 9.17) is 10.2 Å². The topological polar surface area (TPSA) is 182 Å². The summed E-state index contributed by atoms with van der Waals surface area (Å²) in [6.45, 7) is 3.68. The van der Waals surface area contributed by atoms with Gasteiger partial charge in [-0.2, -0.15) is 0 Å². The van der Waals surface area contributed by atoms with Crippen molar-refractivity contribution >= 4 is 37.0 Å². The van der Waals surface area contributed by atoms with E-state index < -0.39 is 42.4 Å². The third-order valence-corrected chi connectivity index (χ3v) is 3.57. The van der Waals surface area contributed by atoms with Crippen molar-refractivity contribution in [2.45, 2.75) is 51.6 Å². The van der Waals surface area contributed by atoms with Crippen LogP contribution in [0.4, 0.5) is 4.79 Å². The molecule has 0 aliphatic carbocycles. The summed E-state index contributed by atoms with van der Waals surface area (Å²) in [5, 5.41) is 33.8. The van der Waals surface area contributed by atoms with E-state index in [9.17, 15) is 29.1 Å². The van der Waals surface area contributed by atoms with Crippen LogP contribution in [-0.2, 0) is 19.2 Å². The normalized spacial score (nSPS) is 13.7. The maximum absolute atomic E-state index is 11.9. The monoisotopic (exact) mass is 386 g/mol. The molecular formula is C15H25BN3O8. The summed E-state index contributed by atoms with van der Waals surface area (Å²) in [6, 6.07) is -3.69. The van der Waals surface area contributed by atoms with Gasteiger partial charge < -0.3 is 36.0 Å². The van der Waals surface area contributed by atoms with Crippen LogP contribution in [0.25, 0.3) is 0 Å². The Labute approximate surface area is 157 Å². The molecular weight excluding hydrogens is 361 g/mol. The first-order valence-electron chi connectivity index (χ1n) is 8.34. The molecule has 0 bridgehead atoms. The first-order valence-corrected chi connectivity index (χ1v) is 8.34. The van der Waals surface area contributed by atoms with E-state index in [1.54, 1.807) is 0 Å². The van der Waals surface area contributed by atoms with Crippen molar-refractivity contribution in [3.63, 3.8) is 0 Å². The van der Waals surface area contributed by atoms with Gasteiger partial charge in [0.1, 0.15) is 17.8 Å². The van der Waals surface area contributed by atoms with Crippen LogP contribution in [0.15, 0.2) is 0 Å². The van der Waals surface area contributed by atoms with E-state index in [0.717, 1.165) is 0 Å². The van der Waals surface area contributed by atoms with Gasteiger partial charge in [-0.25, -0.2) is 14.4 Å². The molecule has 0 aromatic carbocycles. The quantitative estimate of drug-likeness (QED) is 0.209. The van der Waals surface area contributed by atoms with E-state index in [1.165, 1.54) is 14.3 Å². The predicted octanol–water partition coefficient (Wildman–Crippen LogP) is -0.772. The van der Waals surface area contributed by atoms with Gasteiger partial charge in [-0.05, 0) is 38.6 Å². The first kappa shape index (κ1) is 24.4. The zero-order valence-corrected chi connectivity index (χ0v) is 15.2. The van der Waals surface area contributed by atoms with E-state index in [2.05, 4.69) is 15.9 Å². The summed E-state index contributed by atoms with van der Waals surface area (Å²) in [7, 11) is 1.31. The number of hydrogen-bond donors (Lipinski definition) is 6. The van der Waals surface area contributed by atoms with Crippen LogP contribution in [0, 0.1) is 5.92 Å². The molecule has 151 valence electrons. The van der Waals surface area contributed by atoms with Crippen LogP contribution in [-0.4, -0.2) is 71.0 Å². The second-order valence-corrected chi connectivity index (χ2v) is 6.18. The maximum Gasteiger partial charge on any atom is 0.326 e. The number of urea groups is 1. The lowest BCUT2D eigenvalue weighted by molar-refractivity contribution is -0.140. The Morgan fingerprint density at radius 1 is 0.889 bits per heavy atom. The van der Waals surface area contributed by atoms with Crippen LogP contribution in [0.3, 0.4) is 0 Å². The van der Waals surface area contributed by atoms with E-state index in [0.29, 0.717) is 13.0 Å². The zero-order chi connectivity index (χ0) is 21.0. The molecule has 0 saturated carbocycles. The lowest BCUT2D eigenvalue weighted by Gasteiger charge is -2.19. The van der Waals surface area contributed by atoms with Gasteiger partial charge in [-0.3, -0.25) is 4.79 Å². The van der Waals surface area contributed by atoms with Gasteiger partial charge in [0, 0.05) is 6.42 Å². The Morgan fingerprint density at radius 2 is 1.41 bits per heavy atom. The van der Waals surface area contributed by atoms with Crippen LogP contribution in [0.1, 0.15) is 39.5 Å². The molecule has 0 fully saturated rings. The van der Waals surface area contributed by atoms with Crippen molar-refractivity contribution < 1.29 is 39.3 Å². The highest BCUT2D eigenvalue weighted by Gasteiger charge is 2.25. The smallest absolute Gasteiger partial charge is 0.326 e. The minimum Gasteiger partial charge on any atom is -0.481 e. The lowest BCUT2D eigenvalue weighted by atomic mass is 9.87. The molecule has 11 nitrogen and oxygen atoms in total. The molecule has 0 aliphatic rings. The molecule has 0 aromatic rings. The minimum absolute atomic E-state index is 0.0228. The molecule has 1 radical (unpaired) electrons. The fourth-order valence-corrected chi connectivity index (χ4v) is 2.10. The molecule has 2 amide bonds. The number of nitrogens with one attached hydrogen (secondary N) is 3. The average Bonchev–Trinajstić information content (AvgIpc) is 2.54. The van der Waals surface area contributed by atoms with Crippen molar-refractivity contribution in [2.75, 3.05) is 6.54 Å². The van der Waals surface area contributed by atoms with Crippen LogP contribution in [0.5, 0.6) is 0 Å². The third kappa shape index (κ3) is 12.4. The number of amides is 2. The van der Waals surface area contributed by atoms with E-state index >= 15 is 0 Å². The van der Waals surface area contributed by atoms with Crippen LogP contribution < -0.4 is 15.9 Å². The molecule has 27 heavy (non-hydrogen) atoms. The minimum atomic E-state index is -1.44. The third-order valence-electron chi connectivity index (χ3n) is 3.57. The number of rotatable bonds is 14. The molecule has 0 spiro atoms. The summed E-state index contributed by atoms with van der Waals surface area (Å²) in [5.74, 6) is -3.89. The molecule has 0 heterocycles. The number of carbonyl (C=O) groups is 5. The Hall–Kier alpha value is -2.63. The molecule has 3 atom stereocenters. The summed E-state index contributed by atoms with van der Waals surface area (Å²) in [4.78, 5) is 55.5. The van der Waals surface area contributed by atoms with Crippen molar-refractivity contribution in [3.05, 3.63) is 0 Å². The largest absolute Gasteiger partial charge is 0.481 e. The highest BCUT2D eigenvalue weighted by atomic mass is 16.4. The zero-order valence-electron chi connectivity index (χ0n) is 15.2. The van der Waals surface area contributed by atoms with E-state index in [-0.39, 0.29) is 24.4 Å². The molecule has 0 saturated heterocycles. The standard InChI is InChI=1S/C15H25BN3O8/c1-8(7-17-16-9(2)20)3-4-10(13(23)24)18-15(27)19-11(14(25)26)5-6-12(21)22/h8,10-11,17H,3-7H2,1-2H3,(H,21,22)(H,23,24)(H,25,26)(H2,18,19,27)/t8?,10-,11-/m0/s1. The van der Waals surface area contributed by atoms with Gasteiger partial charge in [0.25, 0.3) is 7.41 Å². The number of carboxylic acids is 3. The van der Waals surface area contributed by atoms with Crippen molar-refractivity contribution in [1.29, 1.82) is 0 Å². The Bertz CT molecular complexity index is 557. The highest BCUT2D eigenvalue weighted by Crippen LogP contribution is 2.08. The summed E-state index contributed by atoms with van der Waals surface area (Å²) in [6.07, 6.45) is -0.261. The number of aliphatic carboxylic acids is 3. The Morgan fingerprint density at radius 3 is 1.85 bits per heavy atom. The Kier molecular flexibility index (Phi) is 11.5. The van der Waals surface area contributed by atoms with Gasteiger partial charge in [0.05, 0.1) is 0 Å². The first-order chi connectivity index (χ1) is 12.5. The molecule has 12 heteroatoms. The van der Waals surface area contributed by atoms with Crippen LogP contribution in [0.2, 0.25) is 0 Å². The number of carboxylic acid groups (broad SMARTS) is 3. The molecule has 6 N–H and O–H groups in total. The van der Waals surface area contributed by atoms with E-state index in [1.807, 2.05) is 6.92 Å². The molecule has 0 rings (SSSR count). The molecule has 1 unspecified atom stereocenters. The van der Waals surface area contributed by atoms with Gasteiger partial charge in [-0.15, -0.1) is 0 Å². The SMILES string of the molecule is CC(=O)[B]NCC(C)CC[C@H](NC(=O)N[C@@H](CCC(=O)O)C(=O)O)C(=O)O. The highest BCUT2D eigenvalue weighted by molar-refractivity contribution is 6.71. The second kappa shape index (κ2) is 12.7. The van der Waals surface area contributed by atoms with Gasteiger partial charge in [0.2, 0.25) is 0 Å². The van der Waals surface area contributed by atoms with Crippen molar-refractivity contribution in [1.82, 2.24) is 15.9 Å². The fraction of sp³-hybridized carbons (Fsp3) is 0.667. The van der Waals surface area contributed by atoms with Gasteiger partial charge in [-0.1, -0.05) is 6.92 Å².